The van der Waals surface area contributed by atoms with E-state index >= 15 is 0 Å². The van der Waals surface area contributed by atoms with Gasteiger partial charge in [0.15, 0.2) is 17.5 Å². The molecule has 1 aromatic heterocycles. The molecule has 2 bridgehead atoms. The second kappa shape index (κ2) is 11.6. The second-order valence-corrected chi connectivity index (χ2v) is 14.6. The Morgan fingerprint density at radius 3 is 1.92 bits per heavy atom. The van der Waals surface area contributed by atoms with E-state index in [2.05, 4.69) is 86.6 Å². The van der Waals surface area contributed by atoms with Crippen LogP contribution in [0.4, 0.5) is 0 Å². The first-order valence-corrected chi connectivity index (χ1v) is 17.7. The van der Waals surface area contributed by atoms with Gasteiger partial charge in [0.2, 0.25) is 0 Å². The lowest BCUT2D eigenvalue weighted by atomic mass is 9.49. The molecule has 0 aliphatic heterocycles. The number of hydrogen-bond donors (Lipinski definition) is 0. The van der Waals surface area contributed by atoms with E-state index in [9.17, 15) is 5.26 Å². The predicted octanol–water partition coefficient (Wildman–Crippen LogP) is 10.8. The van der Waals surface area contributed by atoms with E-state index in [4.69, 9.17) is 15.0 Å². The van der Waals surface area contributed by atoms with E-state index in [1.807, 2.05) is 54.6 Å². The van der Waals surface area contributed by atoms with Crippen molar-refractivity contribution in [1.29, 1.82) is 5.26 Å². The molecule has 3 aliphatic carbocycles. The van der Waals surface area contributed by atoms with Crippen LogP contribution in [0.15, 0.2) is 121 Å². The third kappa shape index (κ3) is 4.75. The van der Waals surface area contributed by atoms with E-state index in [1.54, 1.807) is 0 Å². The molecule has 4 heteroatoms. The van der Waals surface area contributed by atoms with Gasteiger partial charge in [0.25, 0.3) is 0 Å². The van der Waals surface area contributed by atoms with Gasteiger partial charge in [0, 0.05) is 22.1 Å². The minimum absolute atomic E-state index is 0.147. The summed E-state index contributed by atoms with van der Waals surface area (Å²) in [7, 11) is 0. The predicted molar refractivity (Wildman–Crippen MR) is 196 cm³/mol. The minimum atomic E-state index is -0.147. The third-order valence-electron chi connectivity index (χ3n) is 11.6. The van der Waals surface area contributed by atoms with Crippen molar-refractivity contribution in [3.8, 4) is 62.5 Å². The summed E-state index contributed by atoms with van der Waals surface area (Å²) >= 11 is 0. The summed E-state index contributed by atoms with van der Waals surface area (Å²) < 4.78 is 0. The van der Waals surface area contributed by atoms with Gasteiger partial charge in [-0.05, 0) is 101 Å². The fourth-order valence-electron chi connectivity index (χ4n) is 9.88. The monoisotopic (exact) mass is 634 g/mol. The Kier molecular flexibility index (Phi) is 7.06. The molecule has 0 saturated heterocycles. The van der Waals surface area contributed by atoms with Crippen molar-refractivity contribution in [2.24, 2.45) is 23.7 Å². The van der Waals surface area contributed by atoms with Crippen molar-refractivity contribution in [1.82, 2.24) is 15.0 Å². The first-order chi connectivity index (χ1) is 24.0. The fraction of sp³-hybridized carbons (Fsp3) is 0.244. The molecular weight excluding hydrogens is 597 g/mol. The molecule has 2 fully saturated rings. The molecule has 5 atom stereocenters. The summed E-state index contributed by atoms with van der Waals surface area (Å²) in [5.41, 5.74) is 11.2. The average molecular weight is 635 g/mol. The van der Waals surface area contributed by atoms with Crippen LogP contribution in [0.3, 0.4) is 0 Å². The molecule has 3 aliphatic rings. The van der Waals surface area contributed by atoms with Gasteiger partial charge in [-0.2, -0.15) is 5.26 Å². The number of nitrogens with zero attached hydrogens (tertiary/aromatic N) is 4. The van der Waals surface area contributed by atoms with Crippen LogP contribution in [0.5, 0.6) is 0 Å². The molecule has 9 rings (SSSR count). The normalized spacial score (nSPS) is 23.4. The summed E-state index contributed by atoms with van der Waals surface area (Å²) in [6.07, 6.45) is 5.04. The summed E-state index contributed by atoms with van der Waals surface area (Å²) in [5.74, 6) is 4.58. The summed E-state index contributed by atoms with van der Waals surface area (Å²) in [6, 6.07) is 44.7. The summed E-state index contributed by atoms with van der Waals surface area (Å²) in [5, 5.41) is 9.65. The largest absolute Gasteiger partial charge is 0.208 e. The van der Waals surface area contributed by atoms with E-state index < -0.39 is 0 Å². The quantitative estimate of drug-likeness (QED) is 0.194. The maximum atomic E-state index is 9.65. The molecule has 0 amide bonds. The van der Waals surface area contributed by atoms with Crippen molar-refractivity contribution in [3.63, 3.8) is 0 Å². The maximum Gasteiger partial charge on any atom is 0.164 e. The average Bonchev–Trinajstić information content (AvgIpc) is 3.45. The number of benzene rings is 5. The first kappa shape index (κ1) is 29.7. The molecule has 0 N–H and O–H groups in total. The smallest absolute Gasteiger partial charge is 0.164 e. The SMILES string of the molecule is CC1CC2CC(C)C3(c4ccc(-c5cccc(C#N)c5)cc4-c4cccc(-c5nc(-c6ccccc6)nc(-c6ccccc6)n5)c43)C(C1)C2. The van der Waals surface area contributed by atoms with E-state index in [0.29, 0.717) is 35.0 Å². The fourth-order valence-corrected chi connectivity index (χ4v) is 9.88. The van der Waals surface area contributed by atoms with Gasteiger partial charge in [-0.3, -0.25) is 0 Å². The Bertz CT molecular complexity index is 2190. The van der Waals surface area contributed by atoms with Gasteiger partial charge < -0.3 is 0 Å². The number of aromatic nitrogens is 3. The topological polar surface area (TPSA) is 62.5 Å². The first-order valence-electron chi connectivity index (χ1n) is 17.7. The van der Waals surface area contributed by atoms with Gasteiger partial charge in [0.1, 0.15) is 0 Å². The molecule has 49 heavy (non-hydrogen) atoms. The van der Waals surface area contributed by atoms with Gasteiger partial charge in [-0.15, -0.1) is 0 Å². The molecule has 1 heterocycles. The molecule has 5 unspecified atom stereocenters. The van der Waals surface area contributed by atoms with E-state index in [-0.39, 0.29) is 5.41 Å². The van der Waals surface area contributed by atoms with Crippen molar-refractivity contribution in [2.75, 3.05) is 0 Å². The minimum Gasteiger partial charge on any atom is -0.208 e. The van der Waals surface area contributed by atoms with Crippen LogP contribution in [0, 0.1) is 35.0 Å². The van der Waals surface area contributed by atoms with Gasteiger partial charge in [-0.25, -0.2) is 15.0 Å². The van der Waals surface area contributed by atoms with Crippen molar-refractivity contribution in [2.45, 2.75) is 44.9 Å². The van der Waals surface area contributed by atoms with Crippen LogP contribution in [0.25, 0.3) is 56.4 Å². The highest BCUT2D eigenvalue weighted by Crippen LogP contribution is 2.66. The Hall–Kier alpha value is -5.40. The molecule has 5 aromatic carbocycles. The van der Waals surface area contributed by atoms with Crippen LogP contribution in [-0.4, -0.2) is 15.0 Å². The molecule has 0 radical (unpaired) electrons. The van der Waals surface area contributed by atoms with Crippen LogP contribution in [0.1, 0.15) is 56.2 Å². The molecule has 238 valence electrons. The molecule has 2 saturated carbocycles. The van der Waals surface area contributed by atoms with Gasteiger partial charge in [-0.1, -0.05) is 117 Å². The zero-order chi connectivity index (χ0) is 33.1. The van der Waals surface area contributed by atoms with Gasteiger partial charge in [0.05, 0.1) is 11.6 Å². The van der Waals surface area contributed by atoms with Gasteiger partial charge >= 0.3 is 0 Å². The lowest BCUT2D eigenvalue weighted by Gasteiger charge is -2.54. The molecule has 6 aromatic rings. The number of hydrogen-bond acceptors (Lipinski definition) is 4. The Morgan fingerprint density at radius 2 is 1.20 bits per heavy atom. The third-order valence-corrected chi connectivity index (χ3v) is 11.6. The Labute approximate surface area is 288 Å². The van der Waals surface area contributed by atoms with Crippen LogP contribution in [-0.2, 0) is 5.41 Å². The molecule has 4 nitrogen and oxygen atoms in total. The summed E-state index contributed by atoms with van der Waals surface area (Å²) in [4.78, 5) is 15.6. The standard InChI is InChI=1S/C45H38N4/c1-28-21-31-23-29(2)45(36(22-28)25-31)40-20-19-35(34-16-9-11-30(24-34)27-46)26-39(40)37-17-10-18-38(41(37)45)44-48-42(32-12-5-3-6-13-32)47-43(49-44)33-14-7-4-8-15-33/h3-20,24,26,28-29,31,36H,21-23,25H2,1-2H3. The highest BCUT2D eigenvalue weighted by atomic mass is 15.0. The molecule has 1 spiro atoms. The zero-order valence-electron chi connectivity index (χ0n) is 28.0. The summed E-state index contributed by atoms with van der Waals surface area (Å²) in [6.45, 7) is 4.97. The second-order valence-electron chi connectivity index (χ2n) is 14.6. The van der Waals surface area contributed by atoms with Crippen molar-refractivity contribution >= 4 is 0 Å². The maximum absolute atomic E-state index is 9.65. The van der Waals surface area contributed by atoms with E-state index in [1.165, 1.54) is 47.9 Å². The highest BCUT2D eigenvalue weighted by molar-refractivity contribution is 5.90. The Morgan fingerprint density at radius 1 is 0.571 bits per heavy atom. The number of rotatable bonds is 4. The highest BCUT2D eigenvalue weighted by Gasteiger charge is 2.57. The lowest BCUT2D eigenvalue weighted by molar-refractivity contribution is 0.0428. The molecular formula is C45H38N4. The van der Waals surface area contributed by atoms with Crippen molar-refractivity contribution < 1.29 is 0 Å². The van der Waals surface area contributed by atoms with Crippen LogP contribution in [0.2, 0.25) is 0 Å². The van der Waals surface area contributed by atoms with Crippen LogP contribution < -0.4 is 0 Å². The number of nitriles is 1. The van der Waals surface area contributed by atoms with Crippen molar-refractivity contribution in [3.05, 3.63) is 138 Å². The lowest BCUT2D eigenvalue weighted by Crippen LogP contribution is -2.49. The zero-order valence-corrected chi connectivity index (χ0v) is 28.0. The number of fused-ring (bicyclic) bond motifs is 8. The Balaban J connectivity index is 1.32. The van der Waals surface area contributed by atoms with Crippen LogP contribution >= 0.6 is 0 Å². The van der Waals surface area contributed by atoms with E-state index in [0.717, 1.165) is 39.6 Å².